The van der Waals surface area contributed by atoms with Gasteiger partial charge in [0.2, 0.25) is 0 Å². The van der Waals surface area contributed by atoms with Crippen molar-refractivity contribution in [3.63, 3.8) is 0 Å². The Balaban J connectivity index is 2.96. The van der Waals surface area contributed by atoms with Gasteiger partial charge in [0.1, 0.15) is 4.88 Å². The quantitative estimate of drug-likeness (QED) is 0.621. The Morgan fingerprint density at radius 1 is 1.77 bits per heavy atom. The van der Waals surface area contributed by atoms with Gasteiger partial charge >= 0.3 is 5.97 Å². The number of aryl methyl sites for hydroxylation is 1. The number of carbonyl (C=O) groups excluding carboxylic acids is 1. The Hall–Kier alpha value is -0.520. The fourth-order valence-corrected chi connectivity index (χ4v) is 2.48. The highest BCUT2D eigenvalue weighted by atomic mass is 32.2. The Morgan fingerprint density at radius 3 is 3.00 bits per heavy atom. The molecule has 5 heteroatoms. The van der Waals surface area contributed by atoms with Crippen LogP contribution in [-0.4, -0.2) is 13.1 Å². The third-order valence-corrected chi connectivity index (χ3v) is 3.09. The van der Waals surface area contributed by atoms with Crippen molar-refractivity contribution in [3.8, 4) is 0 Å². The van der Waals surface area contributed by atoms with E-state index in [1.54, 1.807) is 0 Å². The molecule has 0 aliphatic heterocycles. The third-order valence-electron chi connectivity index (χ3n) is 1.54. The maximum Gasteiger partial charge on any atom is 0.348 e. The van der Waals surface area contributed by atoms with Crippen molar-refractivity contribution >= 4 is 29.3 Å². The third kappa shape index (κ3) is 2.46. The summed E-state index contributed by atoms with van der Waals surface area (Å²) in [5, 5.41) is 5.35. The molecule has 0 aliphatic carbocycles. The van der Waals surface area contributed by atoms with Crippen molar-refractivity contribution in [1.29, 1.82) is 0 Å². The summed E-state index contributed by atoms with van der Waals surface area (Å²) in [6.45, 7) is 1.96. The van der Waals surface area contributed by atoms with Gasteiger partial charge in [-0.2, -0.15) is 0 Å². The molecule has 0 amide bonds. The maximum absolute atomic E-state index is 11.3. The molecule has 0 saturated carbocycles. The monoisotopic (exact) mass is 217 g/mol. The van der Waals surface area contributed by atoms with E-state index in [2.05, 4.69) is 4.74 Å². The first-order valence-corrected chi connectivity index (χ1v) is 5.55. The predicted molar refractivity (Wildman–Crippen MR) is 55.9 cm³/mol. The van der Waals surface area contributed by atoms with Crippen LogP contribution in [0.1, 0.15) is 20.1 Å². The van der Waals surface area contributed by atoms with E-state index in [4.69, 9.17) is 5.14 Å². The summed E-state index contributed by atoms with van der Waals surface area (Å²) in [7, 11) is 1.39. The number of methoxy groups -OCH3 is 1. The Kier molecular flexibility index (Phi) is 3.77. The molecule has 0 aliphatic rings. The highest BCUT2D eigenvalue weighted by molar-refractivity contribution is 7.96. The van der Waals surface area contributed by atoms with Crippen LogP contribution in [0.4, 0.5) is 0 Å². The predicted octanol–water partition coefficient (Wildman–Crippen LogP) is 1.95. The minimum Gasteiger partial charge on any atom is -0.465 e. The van der Waals surface area contributed by atoms with E-state index < -0.39 is 0 Å². The average molecular weight is 217 g/mol. The van der Waals surface area contributed by atoms with Crippen LogP contribution in [-0.2, 0) is 10.5 Å². The summed E-state index contributed by atoms with van der Waals surface area (Å²) in [5.41, 5.74) is 0.960. The molecule has 2 N–H and O–H groups in total. The van der Waals surface area contributed by atoms with E-state index in [1.165, 1.54) is 30.4 Å². The topological polar surface area (TPSA) is 52.3 Å². The second kappa shape index (κ2) is 4.64. The number of esters is 1. The van der Waals surface area contributed by atoms with Crippen LogP contribution in [0.5, 0.6) is 0 Å². The number of hydrogen-bond acceptors (Lipinski definition) is 5. The van der Waals surface area contributed by atoms with Crippen LogP contribution in [0.3, 0.4) is 0 Å². The van der Waals surface area contributed by atoms with Crippen molar-refractivity contribution in [2.45, 2.75) is 12.7 Å². The van der Waals surface area contributed by atoms with E-state index in [1.807, 2.05) is 13.0 Å². The summed E-state index contributed by atoms with van der Waals surface area (Å²) < 4.78 is 4.66. The number of carbonyl (C=O) groups is 1. The fraction of sp³-hybridized carbons (Fsp3) is 0.375. The van der Waals surface area contributed by atoms with Gasteiger partial charge in [0.25, 0.3) is 0 Å². The molecule has 0 aromatic carbocycles. The summed E-state index contributed by atoms with van der Waals surface area (Å²) in [4.78, 5) is 13.0. The molecule has 3 nitrogen and oxygen atoms in total. The van der Waals surface area contributed by atoms with Crippen LogP contribution >= 0.6 is 23.3 Å². The van der Waals surface area contributed by atoms with Crippen LogP contribution in [0.25, 0.3) is 0 Å². The molecule has 0 radical (unpaired) electrons. The SMILES string of the molecule is COC(=O)c1sc(C)cc1CSN. The van der Waals surface area contributed by atoms with Gasteiger partial charge in [-0.3, -0.25) is 5.14 Å². The van der Waals surface area contributed by atoms with E-state index in [9.17, 15) is 4.79 Å². The van der Waals surface area contributed by atoms with Crippen LogP contribution in [0.2, 0.25) is 0 Å². The van der Waals surface area contributed by atoms with Gasteiger partial charge in [0, 0.05) is 10.6 Å². The molecule has 0 saturated heterocycles. The summed E-state index contributed by atoms with van der Waals surface area (Å²) >= 11 is 2.65. The minimum atomic E-state index is -0.276. The zero-order valence-electron chi connectivity index (χ0n) is 7.49. The Bertz CT molecular complexity index is 309. The number of nitrogens with two attached hydrogens (primary N) is 1. The highest BCUT2D eigenvalue weighted by Gasteiger charge is 2.14. The molecule has 0 unspecified atom stereocenters. The molecule has 0 fully saturated rings. The van der Waals surface area contributed by atoms with Crippen molar-refractivity contribution in [1.82, 2.24) is 0 Å². The van der Waals surface area contributed by atoms with Gasteiger partial charge in [0.05, 0.1) is 7.11 Å². The lowest BCUT2D eigenvalue weighted by molar-refractivity contribution is 0.0605. The van der Waals surface area contributed by atoms with Gasteiger partial charge in [-0.25, -0.2) is 4.79 Å². The Morgan fingerprint density at radius 2 is 2.46 bits per heavy atom. The van der Waals surface area contributed by atoms with Crippen molar-refractivity contribution in [3.05, 3.63) is 21.4 Å². The number of rotatable bonds is 3. The van der Waals surface area contributed by atoms with E-state index in [0.717, 1.165) is 10.4 Å². The molecule has 72 valence electrons. The molecule has 1 heterocycles. The van der Waals surface area contributed by atoms with E-state index in [-0.39, 0.29) is 5.97 Å². The molecular formula is C8H11NO2S2. The second-order valence-electron chi connectivity index (χ2n) is 2.51. The molecule has 0 atom stereocenters. The smallest absolute Gasteiger partial charge is 0.348 e. The molecule has 0 spiro atoms. The van der Waals surface area contributed by atoms with Crippen LogP contribution in [0.15, 0.2) is 6.07 Å². The summed E-state index contributed by atoms with van der Waals surface area (Å²) in [5.74, 6) is 0.372. The number of hydrogen-bond donors (Lipinski definition) is 1. The van der Waals surface area contributed by atoms with E-state index in [0.29, 0.717) is 10.6 Å². The first kappa shape index (κ1) is 10.6. The molecular weight excluding hydrogens is 206 g/mol. The first-order valence-electron chi connectivity index (χ1n) is 3.68. The second-order valence-corrected chi connectivity index (χ2v) is 4.39. The first-order chi connectivity index (χ1) is 6.19. The van der Waals surface area contributed by atoms with Crippen LogP contribution < -0.4 is 5.14 Å². The lowest BCUT2D eigenvalue weighted by Crippen LogP contribution is -2.01. The van der Waals surface area contributed by atoms with Gasteiger partial charge < -0.3 is 4.74 Å². The van der Waals surface area contributed by atoms with Gasteiger partial charge in [-0.05, 0) is 18.6 Å². The summed E-state index contributed by atoms with van der Waals surface area (Å²) in [6.07, 6.45) is 0. The van der Waals surface area contributed by atoms with Gasteiger partial charge in [-0.15, -0.1) is 11.3 Å². The normalized spacial score (nSPS) is 10.1. The summed E-state index contributed by atoms with van der Waals surface area (Å²) in [6, 6.07) is 1.97. The zero-order valence-corrected chi connectivity index (χ0v) is 9.13. The molecule has 13 heavy (non-hydrogen) atoms. The standard InChI is InChI=1S/C8H11NO2S2/c1-5-3-6(4-12-9)7(13-5)8(10)11-2/h3H,4,9H2,1-2H3. The molecule has 0 bridgehead atoms. The van der Waals surface area contributed by atoms with Crippen molar-refractivity contribution in [2.75, 3.05) is 7.11 Å². The number of thiophene rings is 1. The van der Waals surface area contributed by atoms with Gasteiger partial charge in [-0.1, -0.05) is 11.9 Å². The van der Waals surface area contributed by atoms with Crippen molar-refractivity contribution < 1.29 is 9.53 Å². The fourth-order valence-electron chi connectivity index (χ4n) is 1.03. The Labute approximate surface area is 85.4 Å². The lowest BCUT2D eigenvalue weighted by atomic mass is 10.3. The van der Waals surface area contributed by atoms with Gasteiger partial charge in [0.15, 0.2) is 0 Å². The molecule has 1 rings (SSSR count). The minimum absolute atomic E-state index is 0.276. The number of ether oxygens (including phenoxy) is 1. The molecule has 1 aromatic rings. The van der Waals surface area contributed by atoms with Crippen LogP contribution in [0, 0.1) is 6.92 Å². The maximum atomic E-state index is 11.3. The highest BCUT2D eigenvalue weighted by Crippen LogP contribution is 2.24. The lowest BCUT2D eigenvalue weighted by Gasteiger charge is -1.98. The zero-order chi connectivity index (χ0) is 9.84. The van der Waals surface area contributed by atoms with Crippen molar-refractivity contribution in [2.24, 2.45) is 5.14 Å². The average Bonchev–Trinajstić information content (AvgIpc) is 2.46. The van der Waals surface area contributed by atoms with E-state index >= 15 is 0 Å². The molecule has 1 aromatic heterocycles. The largest absolute Gasteiger partial charge is 0.465 e.